The van der Waals surface area contributed by atoms with Crippen LogP contribution in [0.2, 0.25) is 0 Å². The van der Waals surface area contributed by atoms with E-state index >= 15 is 0 Å². The van der Waals surface area contributed by atoms with Gasteiger partial charge in [-0.15, -0.1) is 0 Å². The molecule has 4 aromatic carbocycles. The number of urea groups is 1. The molecule has 0 aliphatic carbocycles. The van der Waals surface area contributed by atoms with Gasteiger partial charge in [-0.3, -0.25) is 14.9 Å². The molecule has 0 radical (unpaired) electrons. The first-order valence-corrected chi connectivity index (χ1v) is 13.2. The molecule has 39 heavy (non-hydrogen) atoms. The summed E-state index contributed by atoms with van der Waals surface area (Å²) in [5.41, 5.74) is 2.95. The number of imide groups is 2. The van der Waals surface area contributed by atoms with E-state index in [0.717, 1.165) is 31.3 Å². The minimum atomic E-state index is -0.799. The lowest BCUT2D eigenvalue weighted by atomic mass is 10.0. The van der Waals surface area contributed by atoms with E-state index in [0.29, 0.717) is 36.0 Å². The summed E-state index contributed by atoms with van der Waals surface area (Å²) in [5, 5.41) is 4.51. The summed E-state index contributed by atoms with van der Waals surface area (Å²) in [6, 6.07) is 23.4. The van der Waals surface area contributed by atoms with Crippen molar-refractivity contribution in [2.75, 3.05) is 11.5 Å². The Morgan fingerprint density at radius 3 is 2.44 bits per heavy atom. The minimum absolute atomic E-state index is 0.167. The van der Waals surface area contributed by atoms with Crippen molar-refractivity contribution in [2.45, 2.75) is 20.5 Å². The Morgan fingerprint density at radius 1 is 0.897 bits per heavy atom. The number of nitrogens with one attached hydrogen (secondary N) is 1. The predicted molar refractivity (Wildman–Crippen MR) is 154 cm³/mol. The van der Waals surface area contributed by atoms with Crippen molar-refractivity contribution in [3.05, 3.63) is 106 Å². The highest BCUT2D eigenvalue weighted by molar-refractivity contribution is 9.10. The fraction of sp³-hybridized carbons (Fsp3) is 0.129. The molecule has 1 saturated heterocycles. The molecule has 1 aliphatic heterocycles. The van der Waals surface area contributed by atoms with Crippen LogP contribution in [-0.2, 0) is 16.2 Å². The van der Waals surface area contributed by atoms with E-state index < -0.39 is 17.8 Å². The summed E-state index contributed by atoms with van der Waals surface area (Å²) in [6.45, 7) is 4.66. The average Bonchev–Trinajstić information content (AvgIpc) is 2.92. The van der Waals surface area contributed by atoms with Gasteiger partial charge in [0.15, 0.2) is 11.5 Å². The zero-order valence-corrected chi connectivity index (χ0v) is 22.9. The van der Waals surface area contributed by atoms with E-state index in [1.165, 1.54) is 6.08 Å². The molecular formula is C31H25BrN2O5. The topological polar surface area (TPSA) is 84.9 Å². The van der Waals surface area contributed by atoms with Crippen LogP contribution in [0.5, 0.6) is 11.5 Å². The molecule has 196 valence electrons. The SMILES string of the molecule is CCOc1cc(/C=C2\C(=O)NC(=O)N(c3ccc(Br)cc3)C2=O)ccc1OCc1c(C)ccc2ccccc12. The van der Waals surface area contributed by atoms with Crippen LogP contribution in [0, 0.1) is 6.92 Å². The molecular weight excluding hydrogens is 560 g/mol. The van der Waals surface area contributed by atoms with Gasteiger partial charge in [0.2, 0.25) is 0 Å². The molecule has 1 N–H and O–H groups in total. The molecule has 1 heterocycles. The number of halogens is 1. The van der Waals surface area contributed by atoms with Gasteiger partial charge in [-0.05, 0) is 78.2 Å². The number of carbonyl (C=O) groups excluding carboxylic acids is 3. The molecule has 0 bridgehead atoms. The molecule has 4 amide bonds. The monoisotopic (exact) mass is 584 g/mol. The number of rotatable bonds is 7. The maximum atomic E-state index is 13.2. The van der Waals surface area contributed by atoms with Crippen LogP contribution >= 0.6 is 15.9 Å². The molecule has 8 heteroatoms. The van der Waals surface area contributed by atoms with Crippen LogP contribution in [0.25, 0.3) is 16.8 Å². The van der Waals surface area contributed by atoms with E-state index in [1.807, 2.05) is 19.1 Å². The Labute approximate surface area is 234 Å². The highest BCUT2D eigenvalue weighted by Crippen LogP contribution is 2.32. The van der Waals surface area contributed by atoms with E-state index in [1.54, 1.807) is 42.5 Å². The largest absolute Gasteiger partial charge is 0.490 e. The fourth-order valence-corrected chi connectivity index (χ4v) is 4.70. The van der Waals surface area contributed by atoms with Crippen molar-refractivity contribution in [1.29, 1.82) is 0 Å². The van der Waals surface area contributed by atoms with Crippen LogP contribution < -0.4 is 19.7 Å². The number of aryl methyl sites for hydroxylation is 1. The van der Waals surface area contributed by atoms with E-state index in [9.17, 15) is 14.4 Å². The second-order valence-corrected chi connectivity index (χ2v) is 9.86. The Bertz CT molecular complexity index is 1630. The summed E-state index contributed by atoms with van der Waals surface area (Å²) >= 11 is 3.34. The van der Waals surface area contributed by atoms with Crippen LogP contribution in [0.15, 0.2) is 88.9 Å². The van der Waals surface area contributed by atoms with E-state index in [-0.39, 0.29) is 5.57 Å². The quantitative estimate of drug-likeness (QED) is 0.196. The summed E-state index contributed by atoms with van der Waals surface area (Å²) in [4.78, 5) is 39.2. The molecule has 1 fully saturated rings. The standard InChI is InChI=1S/C31H25BrN2O5/c1-3-38-28-17-20(9-15-27(28)39-18-26-19(2)8-10-21-6-4-5-7-24(21)26)16-25-29(35)33-31(37)34(30(25)36)23-13-11-22(32)12-14-23/h4-17H,3,18H2,1-2H3,(H,33,35,37)/b25-16+. The van der Waals surface area contributed by atoms with Gasteiger partial charge >= 0.3 is 6.03 Å². The highest BCUT2D eigenvalue weighted by atomic mass is 79.9. The Hall–Kier alpha value is -4.43. The summed E-state index contributed by atoms with van der Waals surface area (Å²) < 4.78 is 12.8. The molecule has 7 nitrogen and oxygen atoms in total. The Morgan fingerprint density at radius 2 is 1.67 bits per heavy atom. The molecule has 5 rings (SSSR count). The Kier molecular flexibility index (Phi) is 7.47. The molecule has 0 spiro atoms. The number of benzene rings is 4. The fourth-order valence-electron chi connectivity index (χ4n) is 4.44. The maximum absolute atomic E-state index is 13.2. The number of ether oxygens (including phenoxy) is 2. The number of fused-ring (bicyclic) bond motifs is 1. The first-order chi connectivity index (χ1) is 18.9. The third-order valence-corrected chi connectivity index (χ3v) is 6.94. The second kappa shape index (κ2) is 11.1. The van der Waals surface area contributed by atoms with Crippen molar-refractivity contribution < 1.29 is 23.9 Å². The van der Waals surface area contributed by atoms with Crippen LogP contribution in [0.4, 0.5) is 10.5 Å². The summed E-state index contributed by atoms with van der Waals surface area (Å²) in [5.74, 6) is -0.453. The van der Waals surface area contributed by atoms with Gasteiger partial charge in [0.25, 0.3) is 11.8 Å². The molecule has 0 atom stereocenters. The molecule has 0 aromatic heterocycles. The lowest BCUT2D eigenvalue weighted by Crippen LogP contribution is -2.54. The summed E-state index contributed by atoms with van der Waals surface area (Å²) in [6.07, 6.45) is 1.44. The average molecular weight is 585 g/mol. The van der Waals surface area contributed by atoms with Crippen molar-refractivity contribution in [3.8, 4) is 11.5 Å². The smallest absolute Gasteiger partial charge is 0.335 e. The van der Waals surface area contributed by atoms with Crippen molar-refractivity contribution >= 4 is 56.3 Å². The lowest BCUT2D eigenvalue weighted by Gasteiger charge is -2.26. The number of nitrogens with zero attached hydrogens (tertiary/aromatic N) is 1. The summed E-state index contributed by atoms with van der Waals surface area (Å²) in [7, 11) is 0. The number of anilines is 1. The first kappa shape index (κ1) is 26.2. The number of amides is 4. The normalized spacial score (nSPS) is 14.6. The van der Waals surface area contributed by atoms with E-state index in [2.05, 4.69) is 52.4 Å². The Balaban J connectivity index is 1.43. The van der Waals surface area contributed by atoms with Gasteiger partial charge in [0.05, 0.1) is 12.3 Å². The van der Waals surface area contributed by atoms with Gasteiger partial charge in [-0.25, -0.2) is 9.69 Å². The second-order valence-electron chi connectivity index (χ2n) is 8.94. The zero-order valence-electron chi connectivity index (χ0n) is 21.4. The van der Waals surface area contributed by atoms with Crippen molar-refractivity contribution in [1.82, 2.24) is 5.32 Å². The number of hydrogen-bond acceptors (Lipinski definition) is 5. The van der Waals surface area contributed by atoms with Gasteiger partial charge in [-0.2, -0.15) is 0 Å². The molecule has 1 aliphatic rings. The van der Waals surface area contributed by atoms with Crippen molar-refractivity contribution in [3.63, 3.8) is 0 Å². The molecule has 0 unspecified atom stereocenters. The van der Waals surface area contributed by atoms with Crippen LogP contribution in [-0.4, -0.2) is 24.5 Å². The third kappa shape index (κ3) is 5.42. The number of barbiturate groups is 1. The lowest BCUT2D eigenvalue weighted by molar-refractivity contribution is -0.122. The van der Waals surface area contributed by atoms with E-state index in [4.69, 9.17) is 9.47 Å². The molecule has 0 saturated carbocycles. The van der Waals surface area contributed by atoms with Gasteiger partial charge in [-0.1, -0.05) is 58.4 Å². The molecule has 4 aromatic rings. The van der Waals surface area contributed by atoms with Gasteiger partial charge in [0, 0.05) is 10.0 Å². The minimum Gasteiger partial charge on any atom is -0.490 e. The van der Waals surface area contributed by atoms with Crippen molar-refractivity contribution in [2.24, 2.45) is 0 Å². The predicted octanol–water partition coefficient (Wildman–Crippen LogP) is 6.55. The maximum Gasteiger partial charge on any atom is 0.335 e. The number of carbonyl (C=O) groups is 3. The van der Waals surface area contributed by atoms with Crippen LogP contribution in [0.1, 0.15) is 23.6 Å². The third-order valence-electron chi connectivity index (χ3n) is 6.41. The first-order valence-electron chi connectivity index (χ1n) is 12.4. The van der Waals surface area contributed by atoms with Gasteiger partial charge in [0.1, 0.15) is 12.2 Å². The van der Waals surface area contributed by atoms with Gasteiger partial charge < -0.3 is 9.47 Å². The highest BCUT2D eigenvalue weighted by Gasteiger charge is 2.36. The van der Waals surface area contributed by atoms with Crippen LogP contribution in [0.3, 0.4) is 0 Å². The zero-order chi connectivity index (χ0) is 27.5. The number of hydrogen-bond donors (Lipinski definition) is 1.